The number of hydrogen-bond acceptors (Lipinski definition) is 7. The Morgan fingerprint density at radius 2 is 2.38 bits per heavy atom. The first kappa shape index (κ1) is 15.0. The lowest BCUT2D eigenvalue weighted by molar-refractivity contribution is -0.384. The van der Waals surface area contributed by atoms with E-state index in [1.165, 1.54) is 12.3 Å². The molecule has 9 heteroatoms. The molecular formula is C12H17N5O4. The molecular weight excluding hydrogens is 278 g/mol. The van der Waals surface area contributed by atoms with Gasteiger partial charge >= 0.3 is 5.69 Å². The third-order valence-corrected chi connectivity index (χ3v) is 3.42. The minimum atomic E-state index is -0.905. The standard InChI is InChI=1S/C12H17N5O4/c1-12(18)3-2-4-16(7-12)11-9(17(20)21)5-8(6-14-11)10(13)15-19/h5-6,18-19H,2-4,7H2,1H3,(H2,13,15). The lowest BCUT2D eigenvalue weighted by Gasteiger charge is -2.37. The second kappa shape index (κ2) is 5.52. The van der Waals surface area contributed by atoms with Crippen molar-refractivity contribution in [1.29, 1.82) is 0 Å². The first-order valence-electron chi connectivity index (χ1n) is 6.44. The molecule has 0 amide bonds. The van der Waals surface area contributed by atoms with Gasteiger partial charge in [0.25, 0.3) is 0 Å². The Hall–Kier alpha value is -2.42. The SMILES string of the molecule is CC1(O)CCCN(c2ncc(C(N)=NO)cc2[N+](=O)[O-])C1. The highest BCUT2D eigenvalue weighted by atomic mass is 16.6. The molecule has 114 valence electrons. The topological polar surface area (TPSA) is 138 Å². The van der Waals surface area contributed by atoms with E-state index in [1.54, 1.807) is 11.8 Å². The van der Waals surface area contributed by atoms with Crippen LogP contribution in [0.1, 0.15) is 25.3 Å². The molecule has 1 aromatic rings. The van der Waals surface area contributed by atoms with Crippen LogP contribution in [0.4, 0.5) is 11.5 Å². The van der Waals surface area contributed by atoms with Crippen LogP contribution < -0.4 is 10.6 Å². The molecule has 1 aliphatic heterocycles. The minimum absolute atomic E-state index is 0.164. The molecule has 0 bridgehead atoms. The van der Waals surface area contributed by atoms with E-state index in [2.05, 4.69) is 10.1 Å². The lowest BCUT2D eigenvalue weighted by atomic mass is 9.95. The van der Waals surface area contributed by atoms with Crippen molar-refractivity contribution in [2.24, 2.45) is 10.9 Å². The van der Waals surface area contributed by atoms with Crippen LogP contribution in [0, 0.1) is 10.1 Å². The van der Waals surface area contributed by atoms with Gasteiger partial charge in [-0.1, -0.05) is 5.16 Å². The Labute approximate surface area is 120 Å². The largest absolute Gasteiger partial charge is 0.409 e. The molecule has 1 fully saturated rings. The number of aromatic nitrogens is 1. The average molecular weight is 295 g/mol. The van der Waals surface area contributed by atoms with Crippen molar-refractivity contribution in [1.82, 2.24) is 4.98 Å². The number of rotatable bonds is 3. The predicted molar refractivity (Wildman–Crippen MR) is 75.5 cm³/mol. The highest BCUT2D eigenvalue weighted by Crippen LogP contribution is 2.31. The van der Waals surface area contributed by atoms with Crippen molar-refractivity contribution in [3.63, 3.8) is 0 Å². The van der Waals surface area contributed by atoms with Crippen molar-refractivity contribution >= 4 is 17.3 Å². The first-order valence-corrected chi connectivity index (χ1v) is 6.44. The summed E-state index contributed by atoms with van der Waals surface area (Å²) in [4.78, 5) is 16.4. The third kappa shape index (κ3) is 3.19. The number of nitro groups is 1. The van der Waals surface area contributed by atoms with E-state index in [9.17, 15) is 15.2 Å². The van der Waals surface area contributed by atoms with E-state index in [0.29, 0.717) is 19.4 Å². The number of β-amino-alcohol motifs (C(OH)–C–C–N with tert-alkyl or cyclic N) is 1. The lowest BCUT2D eigenvalue weighted by Crippen LogP contribution is -2.46. The van der Waals surface area contributed by atoms with E-state index in [-0.39, 0.29) is 29.4 Å². The van der Waals surface area contributed by atoms with Crippen LogP contribution in [0.3, 0.4) is 0 Å². The monoisotopic (exact) mass is 295 g/mol. The van der Waals surface area contributed by atoms with Crippen LogP contribution >= 0.6 is 0 Å². The number of nitrogens with two attached hydrogens (primary N) is 1. The van der Waals surface area contributed by atoms with Crippen molar-refractivity contribution in [2.75, 3.05) is 18.0 Å². The molecule has 2 rings (SSSR count). The second-order valence-corrected chi connectivity index (χ2v) is 5.33. The quantitative estimate of drug-likeness (QED) is 0.242. The molecule has 0 aromatic carbocycles. The van der Waals surface area contributed by atoms with Crippen molar-refractivity contribution < 1.29 is 15.2 Å². The van der Waals surface area contributed by atoms with Crippen LogP contribution in [-0.2, 0) is 0 Å². The average Bonchev–Trinajstić information content (AvgIpc) is 2.44. The molecule has 1 unspecified atom stereocenters. The number of piperidine rings is 1. The number of oxime groups is 1. The molecule has 2 heterocycles. The highest BCUT2D eigenvalue weighted by molar-refractivity contribution is 5.97. The zero-order chi connectivity index (χ0) is 15.6. The number of nitrogens with zero attached hydrogens (tertiary/aromatic N) is 4. The molecule has 0 aliphatic carbocycles. The number of amidine groups is 1. The van der Waals surface area contributed by atoms with Crippen LogP contribution in [0.15, 0.2) is 17.4 Å². The fourth-order valence-corrected chi connectivity index (χ4v) is 2.42. The summed E-state index contributed by atoms with van der Waals surface area (Å²) in [7, 11) is 0. The van der Waals surface area contributed by atoms with Gasteiger partial charge in [-0.2, -0.15) is 0 Å². The van der Waals surface area contributed by atoms with E-state index >= 15 is 0 Å². The van der Waals surface area contributed by atoms with Crippen molar-refractivity contribution in [3.05, 3.63) is 27.9 Å². The smallest absolute Gasteiger partial charge is 0.312 e. The summed E-state index contributed by atoms with van der Waals surface area (Å²) in [6, 6.07) is 1.21. The van der Waals surface area contributed by atoms with Gasteiger partial charge < -0.3 is 20.9 Å². The van der Waals surface area contributed by atoms with Crippen LogP contribution in [-0.4, -0.2) is 44.7 Å². The summed E-state index contributed by atoms with van der Waals surface area (Å²) in [5, 5.41) is 32.8. The normalized spacial score (nSPS) is 23.1. The molecule has 0 saturated carbocycles. The molecule has 9 nitrogen and oxygen atoms in total. The zero-order valence-electron chi connectivity index (χ0n) is 11.6. The Balaban J connectivity index is 2.41. The van der Waals surface area contributed by atoms with Gasteiger partial charge in [-0.3, -0.25) is 10.1 Å². The summed E-state index contributed by atoms with van der Waals surface area (Å²) in [6.07, 6.45) is 2.66. The van der Waals surface area contributed by atoms with Crippen LogP contribution in [0.2, 0.25) is 0 Å². The molecule has 0 spiro atoms. The van der Waals surface area contributed by atoms with Gasteiger partial charge in [0.05, 0.1) is 10.5 Å². The Morgan fingerprint density at radius 3 is 2.95 bits per heavy atom. The minimum Gasteiger partial charge on any atom is -0.409 e. The highest BCUT2D eigenvalue weighted by Gasteiger charge is 2.32. The summed E-state index contributed by atoms with van der Waals surface area (Å²) >= 11 is 0. The number of pyridine rings is 1. The first-order chi connectivity index (χ1) is 9.84. The second-order valence-electron chi connectivity index (χ2n) is 5.33. The number of anilines is 1. The summed E-state index contributed by atoms with van der Waals surface area (Å²) in [5.41, 5.74) is 4.44. The fraction of sp³-hybridized carbons (Fsp3) is 0.500. The van der Waals surface area contributed by atoms with E-state index in [4.69, 9.17) is 10.9 Å². The molecule has 0 radical (unpaired) electrons. The Morgan fingerprint density at radius 1 is 1.67 bits per heavy atom. The zero-order valence-corrected chi connectivity index (χ0v) is 11.6. The Bertz CT molecular complexity index is 587. The van der Waals surface area contributed by atoms with Gasteiger partial charge in [-0.05, 0) is 19.8 Å². The maximum atomic E-state index is 11.2. The molecule has 1 aliphatic rings. The molecule has 21 heavy (non-hydrogen) atoms. The van der Waals surface area contributed by atoms with Crippen molar-refractivity contribution in [3.8, 4) is 0 Å². The summed E-state index contributed by atoms with van der Waals surface area (Å²) in [6.45, 7) is 2.53. The maximum Gasteiger partial charge on any atom is 0.312 e. The van der Waals surface area contributed by atoms with E-state index in [1.807, 2.05) is 0 Å². The van der Waals surface area contributed by atoms with E-state index in [0.717, 1.165) is 0 Å². The summed E-state index contributed by atoms with van der Waals surface area (Å²) < 4.78 is 0. The van der Waals surface area contributed by atoms with Gasteiger partial charge in [-0.15, -0.1) is 0 Å². The van der Waals surface area contributed by atoms with Crippen molar-refractivity contribution in [2.45, 2.75) is 25.4 Å². The summed E-state index contributed by atoms with van der Waals surface area (Å²) in [5.74, 6) is -0.0720. The third-order valence-electron chi connectivity index (χ3n) is 3.42. The van der Waals surface area contributed by atoms with Crippen LogP contribution in [0.5, 0.6) is 0 Å². The molecule has 1 atom stereocenters. The van der Waals surface area contributed by atoms with Gasteiger partial charge in [0, 0.05) is 30.9 Å². The number of hydrogen-bond donors (Lipinski definition) is 3. The molecule has 1 aromatic heterocycles. The molecule has 1 saturated heterocycles. The molecule has 4 N–H and O–H groups in total. The Kier molecular flexibility index (Phi) is 3.94. The van der Waals surface area contributed by atoms with Gasteiger partial charge in [0.15, 0.2) is 5.84 Å². The number of aliphatic hydroxyl groups is 1. The van der Waals surface area contributed by atoms with Gasteiger partial charge in [0.2, 0.25) is 5.82 Å². The maximum absolute atomic E-state index is 11.2. The van der Waals surface area contributed by atoms with E-state index < -0.39 is 10.5 Å². The van der Waals surface area contributed by atoms with Gasteiger partial charge in [0.1, 0.15) is 0 Å². The van der Waals surface area contributed by atoms with Gasteiger partial charge in [-0.25, -0.2) is 4.98 Å². The predicted octanol–water partition coefficient (Wildman–Crippen LogP) is 0.436. The van der Waals surface area contributed by atoms with Crippen LogP contribution in [0.25, 0.3) is 0 Å². The fourth-order valence-electron chi connectivity index (χ4n) is 2.42.